The minimum absolute atomic E-state index is 0.00380. The third-order valence-electron chi connectivity index (χ3n) is 4.04. The first-order chi connectivity index (χ1) is 15.0. The molecule has 0 unspecified atom stereocenters. The van der Waals surface area contributed by atoms with Crippen LogP contribution in [-0.2, 0) is 10.0 Å². The summed E-state index contributed by atoms with van der Waals surface area (Å²) in [4.78, 5) is 20.4. The molecule has 0 spiro atoms. The fourth-order valence-corrected chi connectivity index (χ4v) is 4.10. The number of nitrogens with one attached hydrogen (secondary N) is 3. The predicted octanol–water partition coefficient (Wildman–Crippen LogP) is 4.33. The summed E-state index contributed by atoms with van der Waals surface area (Å²) in [6.45, 7) is 3.49. The van der Waals surface area contributed by atoms with E-state index in [1.54, 1.807) is 19.9 Å². The molecule has 8 nitrogen and oxygen atoms in total. The van der Waals surface area contributed by atoms with E-state index in [-0.39, 0.29) is 26.5 Å². The molecule has 0 aliphatic heterocycles. The fourth-order valence-electron chi connectivity index (χ4n) is 2.64. The molecular weight excluding hydrogens is 493 g/mol. The third-order valence-corrected chi connectivity index (χ3v) is 6.33. The number of halogens is 2. The Morgan fingerprint density at radius 3 is 2.16 bits per heavy atom. The van der Waals surface area contributed by atoms with Crippen molar-refractivity contribution in [2.75, 3.05) is 10.0 Å². The molecule has 0 saturated heterocycles. The van der Waals surface area contributed by atoms with E-state index in [4.69, 9.17) is 35.4 Å². The molecule has 12 heteroatoms. The van der Waals surface area contributed by atoms with Gasteiger partial charge in [-0.3, -0.25) is 10.1 Å². The number of carbonyl (C=O) groups is 1. The van der Waals surface area contributed by atoms with Gasteiger partial charge in [0.1, 0.15) is 0 Å². The van der Waals surface area contributed by atoms with E-state index < -0.39 is 15.9 Å². The van der Waals surface area contributed by atoms with E-state index in [0.29, 0.717) is 22.1 Å². The Balaban J connectivity index is 1.65. The van der Waals surface area contributed by atoms with Crippen LogP contribution in [0.3, 0.4) is 0 Å². The second-order valence-corrected chi connectivity index (χ2v) is 9.55. The third kappa shape index (κ3) is 6.13. The van der Waals surface area contributed by atoms with Crippen LogP contribution in [0.25, 0.3) is 0 Å². The molecule has 0 bridgehead atoms. The number of hydrogen-bond acceptors (Lipinski definition) is 6. The second kappa shape index (κ2) is 9.78. The van der Waals surface area contributed by atoms with E-state index in [1.807, 2.05) is 0 Å². The number of aromatic nitrogens is 2. The molecule has 0 atom stereocenters. The van der Waals surface area contributed by atoms with Crippen LogP contribution in [0.15, 0.2) is 53.4 Å². The molecule has 1 heterocycles. The number of anilines is 2. The maximum Gasteiger partial charge on any atom is 0.264 e. The van der Waals surface area contributed by atoms with Crippen molar-refractivity contribution >= 4 is 68.1 Å². The molecule has 1 amide bonds. The monoisotopic (exact) mass is 509 g/mol. The fraction of sp³-hybridized carbons (Fsp3) is 0.100. The second-order valence-electron chi connectivity index (χ2n) is 6.64. The van der Waals surface area contributed by atoms with Crippen LogP contribution in [-0.4, -0.2) is 29.4 Å². The van der Waals surface area contributed by atoms with E-state index in [9.17, 15) is 13.2 Å². The summed E-state index contributed by atoms with van der Waals surface area (Å²) in [5.41, 5.74) is 2.05. The Bertz CT molecular complexity index is 1280. The summed E-state index contributed by atoms with van der Waals surface area (Å²) >= 11 is 16.9. The summed E-state index contributed by atoms with van der Waals surface area (Å²) in [7, 11) is -3.88. The summed E-state index contributed by atoms with van der Waals surface area (Å²) in [5, 5.41) is 5.93. The van der Waals surface area contributed by atoms with Crippen molar-refractivity contribution < 1.29 is 13.2 Å². The zero-order valence-corrected chi connectivity index (χ0v) is 20.0. The molecule has 3 aromatic rings. The molecule has 1 aromatic heterocycles. The van der Waals surface area contributed by atoms with Crippen molar-refractivity contribution in [1.82, 2.24) is 15.3 Å². The molecule has 166 valence electrons. The zero-order valence-electron chi connectivity index (χ0n) is 16.8. The van der Waals surface area contributed by atoms with Crippen molar-refractivity contribution in [3.05, 3.63) is 75.5 Å². The number of rotatable bonds is 5. The quantitative estimate of drug-likeness (QED) is 0.438. The summed E-state index contributed by atoms with van der Waals surface area (Å²) < 4.78 is 27.5. The number of benzene rings is 2. The normalized spacial score (nSPS) is 11.0. The lowest BCUT2D eigenvalue weighted by Crippen LogP contribution is -2.34. The van der Waals surface area contributed by atoms with Gasteiger partial charge in [-0.2, -0.15) is 0 Å². The van der Waals surface area contributed by atoms with E-state index in [0.717, 1.165) is 0 Å². The number of hydrogen-bond donors (Lipinski definition) is 3. The first kappa shape index (κ1) is 23.9. The Hall–Kier alpha value is -2.79. The molecule has 0 saturated carbocycles. The molecule has 32 heavy (non-hydrogen) atoms. The van der Waals surface area contributed by atoms with Crippen LogP contribution in [0.1, 0.15) is 21.7 Å². The van der Waals surface area contributed by atoms with Crippen LogP contribution in [0.4, 0.5) is 11.6 Å². The van der Waals surface area contributed by atoms with Crippen molar-refractivity contribution in [1.29, 1.82) is 0 Å². The number of sulfonamides is 1. The van der Waals surface area contributed by atoms with Gasteiger partial charge in [0.15, 0.2) is 5.11 Å². The lowest BCUT2D eigenvalue weighted by molar-refractivity contribution is 0.0977. The van der Waals surface area contributed by atoms with Gasteiger partial charge in [0, 0.05) is 22.6 Å². The van der Waals surface area contributed by atoms with Gasteiger partial charge < -0.3 is 5.32 Å². The molecule has 3 rings (SSSR count). The Morgan fingerprint density at radius 1 is 0.938 bits per heavy atom. The lowest BCUT2D eigenvalue weighted by Gasteiger charge is -2.11. The Kier molecular flexibility index (Phi) is 7.29. The minimum atomic E-state index is -3.88. The number of carbonyl (C=O) groups excluding carboxylic acids is 1. The molecule has 3 N–H and O–H groups in total. The first-order valence-corrected chi connectivity index (χ1v) is 11.7. The number of thiocarbonyl (C=S) groups is 1. The topological polar surface area (TPSA) is 113 Å². The molecule has 0 aliphatic rings. The highest BCUT2D eigenvalue weighted by molar-refractivity contribution is 7.92. The van der Waals surface area contributed by atoms with Crippen LogP contribution in [0.5, 0.6) is 0 Å². The van der Waals surface area contributed by atoms with E-state index in [2.05, 4.69) is 25.3 Å². The van der Waals surface area contributed by atoms with Gasteiger partial charge in [-0.05, 0) is 74.6 Å². The molecular formula is C20H17Cl2N5O3S2. The van der Waals surface area contributed by atoms with Gasteiger partial charge in [-0.25, -0.2) is 23.1 Å². The number of aryl methyl sites for hydroxylation is 2. The van der Waals surface area contributed by atoms with Crippen LogP contribution in [0, 0.1) is 13.8 Å². The summed E-state index contributed by atoms with van der Waals surface area (Å²) in [5.74, 6) is -0.478. The first-order valence-electron chi connectivity index (χ1n) is 9.06. The van der Waals surface area contributed by atoms with Crippen LogP contribution < -0.4 is 15.4 Å². The SMILES string of the molecule is Cc1cc(C)nc(NS(=O)(=O)c2ccc(NC(=S)NC(=O)c3ccc(Cl)c(Cl)c3)cc2)n1. The van der Waals surface area contributed by atoms with E-state index >= 15 is 0 Å². The van der Waals surface area contributed by atoms with Crippen molar-refractivity contribution in [2.45, 2.75) is 18.7 Å². The number of amides is 1. The average molecular weight is 510 g/mol. The van der Waals surface area contributed by atoms with Crippen LogP contribution >= 0.6 is 35.4 Å². The minimum Gasteiger partial charge on any atom is -0.332 e. The summed E-state index contributed by atoms with van der Waals surface area (Å²) in [6.07, 6.45) is 0. The lowest BCUT2D eigenvalue weighted by atomic mass is 10.2. The van der Waals surface area contributed by atoms with Gasteiger partial charge in [0.2, 0.25) is 5.95 Å². The van der Waals surface area contributed by atoms with Gasteiger partial charge in [0.25, 0.3) is 15.9 Å². The molecule has 0 radical (unpaired) electrons. The Morgan fingerprint density at radius 2 is 1.56 bits per heavy atom. The van der Waals surface area contributed by atoms with Crippen LogP contribution in [0.2, 0.25) is 10.0 Å². The Labute approximate surface area is 200 Å². The van der Waals surface area contributed by atoms with Crippen molar-refractivity contribution in [3.8, 4) is 0 Å². The highest BCUT2D eigenvalue weighted by atomic mass is 35.5. The standard InChI is InChI=1S/C20H17Cl2N5O3S2/c1-11-9-12(2)24-19(23-11)27-32(29,30)15-6-4-14(5-7-15)25-20(31)26-18(28)13-3-8-16(21)17(22)10-13/h3-10H,1-2H3,(H,23,24,27)(H2,25,26,28,31). The highest BCUT2D eigenvalue weighted by Crippen LogP contribution is 2.22. The van der Waals surface area contributed by atoms with Crippen molar-refractivity contribution in [3.63, 3.8) is 0 Å². The van der Waals surface area contributed by atoms with Gasteiger partial charge in [0.05, 0.1) is 14.9 Å². The van der Waals surface area contributed by atoms with E-state index in [1.165, 1.54) is 42.5 Å². The highest BCUT2D eigenvalue weighted by Gasteiger charge is 2.16. The zero-order chi connectivity index (χ0) is 23.5. The average Bonchev–Trinajstić information content (AvgIpc) is 2.69. The molecule has 2 aromatic carbocycles. The molecule has 0 fully saturated rings. The summed E-state index contributed by atoms with van der Waals surface area (Å²) in [6, 6.07) is 12.0. The smallest absolute Gasteiger partial charge is 0.264 e. The van der Waals surface area contributed by atoms with Gasteiger partial charge in [-0.15, -0.1) is 0 Å². The number of nitrogens with zero attached hydrogens (tertiary/aromatic N) is 2. The predicted molar refractivity (Wildman–Crippen MR) is 129 cm³/mol. The van der Waals surface area contributed by atoms with Crippen molar-refractivity contribution in [2.24, 2.45) is 0 Å². The van der Waals surface area contributed by atoms with Gasteiger partial charge in [-0.1, -0.05) is 23.2 Å². The molecule has 0 aliphatic carbocycles. The maximum absolute atomic E-state index is 12.6. The van der Waals surface area contributed by atoms with Gasteiger partial charge >= 0.3 is 0 Å². The largest absolute Gasteiger partial charge is 0.332 e. The maximum atomic E-state index is 12.6.